The number of carbonyl (C=O) groups excluding carboxylic acids is 3. The van der Waals surface area contributed by atoms with E-state index in [4.69, 9.17) is 9.47 Å². The summed E-state index contributed by atoms with van der Waals surface area (Å²) < 4.78 is 10.5. The Kier molecular flexibility index (Phi) is 10.3. The molecule has 0 heterocycles. The van der Waals surface area contributed by atoms with Crippen molar-refractivity contribution in [3.63, 3.8) is 0 Å². The van der Waals surface area contributed by atoms with Crippen molar-refractivity contribution in [2.24, 2.45) is 5.92 Å². The predicted octanol–water partition coefficient (Wildman–Crippen LogP) is 4.72. The van der Waals surface area contributed by atoms with Gasteiger partial charge in [-0.2, -0.15) is 0 Å². The minimum atomic E-state index is -0.400. The molecule has 0 aromatic heterocycles. The number of unbranched alkanes of at least 4 members (excludes halogenated alkanes) is 1. The second-order valence-electron chi connectivity index (χ2n) is 6.51. The van der Waals surface area contributed by atoms with E-state index in [0.717, 1.165) is 25.7 Å². The van der Waals surface area contributed by atoms with Crippen molar-refractivity contribution in [1.82, 2.24) is 0 Å². The zero-order chi connectivity index (χ0) is 19.4. The molecule has 0 saturated carbocycles. The van der Waals surface area contributed by atoms with Crippen molar-refractivity contribution in [3.05, 3.63) is 29.8 Å². The van der Waals surface area contributed by atoms with Crippen LogP contribution in [0.1, 0.15) is 76.1 Å². The first-order chi connectivity index (χ1) is 12.5. The second-order valence-corrected chi connectivity index (χ2v) is 6.51. The lowest BCUT2D eigenvalue weighted by atomic mass is 10.0. The third kappa shape index (κ3) is 8.79. The van der Waals surface area contributed by atoms with Gasteiger partial charge in [-0.15, -0.1) is 0 Å². The van der Waals surface area contributed by atoms with Crippen LogP contribution >= 0.6 is 0 Å². The van der Waals surface area contributed by atoms with E-state index in [1.165, 1.54) is 6.92 Å². The van der Waals surface area contributed by atoms with E-state index in [-0.39, 0.29) is 24.6 Å². The monoisotopic (exact) mass is 362 g/mol. The smallest absolute Gasteiger partial charge is 0.311 e. The van der Waals surface area contributed by atoms with Gasteiger partial charge in [0.2, 0.25) is 0 Å². The van der Waals surface area contributed by atoms with Gasteiger partial charge in [0.15, 0.2) is 5.78 Å². The van der Waals surface area contributed by atoms with Gasteiger partial charge < -0.3 is 9.47 Å². The first-order valence-corrected chi connectivity index (χ1v) is 9.43. The highest BCUT2D eigenvalue weighted by molar-refractivity contribution is 5.94. The molecule has 1 aromatic carbocycles. The quantitative estimate of drug-likeness (QED) is 0.305. The highest BCUT2D eigenvalue weighted by Gasteiger charge is 2.12. The van der Waals surface area contributed by atoms with E-state index in [9.17, 15) is 14.4 Å². The lowest BCUT2D eigenvalue weighted by Gasteiger charge is -2.14. The molecule has 144 valence electrons. The molecule has 0 bridgehead atoms. The minimum Gasteiger partial charge on any atom is -0.465 e. The zero-order valence-electron chi connectivity index (χ0n) is 16.1. The molecule has 0 saturated heterocycles. The van der Waals surface area contributed by atoms with Crippen LogP contribution in [0, 0.1) is 5.92 Å². The number of ether oxygens (including phenoxy) is 2. The average molecular weight is 362 g/mol. The molecule has 0 aliphatic rings. The van der Waals surface area contributed by atoms with Gasteiger partial charge >= 0.3 is 11.9 Å². The summed E-state index contributed by atoms with van der Waals surface area (Å²) in [7, 11) is 0. The molecule has 0 N–H and O–H groups in total. The van der Waals surface area contributed by atoms with Crippen LogP contribution in [-0.4, -0.2) is 24.3 Å². The van der Waals surface area contributed by atoms with E-state index >= 15 is 0 Å². The molecule has 0 aliphatic heterocycles. The van der Waals surface area contributed by atoms with Crippen molar-refractivity contribution in [2.45, 2.75) is 65.7 Å². The van der Waals surface area contributed by atoms with Crippen LogP contribution < -0.4 is 4.74 Å². The number of hydrogen-bond donors (Lipinski definition) is 0. The van der Waals surface area contributed by atoms with Gasteiger partial charge in [-0.05, 0) is 49.9 Å². The SMILES string of the molecule is CCCCC(CC)COC(=O)CCCC(=O)Oc1ccc(C(C)=O)cc1. The van der Waals surface area contributed by atoms with Gasteiger partial charge in [0.1, 0.15) is 5.75 Å². The standard InChI is InChI=1S/C21H30O5/c1-4-6-8-17(5-2)15-25-20(23)9-7-10-21(24)26-19-13-11-18(12-14-19)16(3)22/h11-14,17H,4-10,15H2,1-3H3. The Bertz CT molecular complexity index is 577. The second kappa shape index (κ2) is 12.2. The Morgan fingerprint density at radius 2 is 1.62 bits per heavy atom. The largest absolute Gasteiger partial charge is 0.465 e. The summed E-state index contributed by atoms with van der Waals surface area (Å²) in [5.41, 5.74) is 0.567. The molecule has 0 amide bonds. The summed E-state index contributed by atoms with van der Waals surface area (Å²) in [4.78, 5) is 34.8. The average Bonchev–Trinajstić information content (AvgIpc) is 2.62. The fourth-order valence-corrected chi connectivity index (χ4v) is 2.50. The fraction of sp³-hybridized carbons (Fsp3) is 0.571. The molecule has 5 heteroatoms. The third-order valence-electron chi connectivity index (χ3n) is 4.28. The van der Waals surface area contributed by atoms with Gasteiger partial charge in [-0.25, -0.2) is 0 Å². The predicted molar refractivity (Wildman–Crippen MR) is 100 cm³/mol. The van der Waals surface area contributed by atoms with Gasteiger partial charge in [0.25, 0.3) is 0 Å². The van der Waals surface area contributed by atoms with Gasteiger partial charge in [0.05, 0.1) is 6.61 Å². The van der Waals surface area contributed by atoms with E-state index in [2.05, 4.69) is 13.8 Å². The molecule has 1 unspecified atom stereocenters. The van der Waals surface area contributed by atoms with E-state index in [1.807, 2.05) is 0 Å². The van der Waals surface area contributed by atoms with Gasteiger partial charge in [-0.3, -0.25) is 14.4 Å². The lowest BCUT2D eigenvalue weighted by molar-refractivity contribution is -0.145. The summed E-state index contributed by atoms with van der Waals surface area (Å²) in [5.74, 6) is 0.105. The topological polar surface area (TPSA) is 69.7 Å². The minimum absolute atomic E-state index is 0.0404. The Labute approximate surface area is 156 Å². The summed E-state index contributed by atoms with van der Waals surface area (Å²) in [6.07, 6.45) is 5.13. The maximum Gasteiger partial charge on any atom is 0.311 e. The highest BCUT2D eigenvalue weighted by atomic mass is 16.5. The molecule has 1 aromatic rings. The van der Waals surface area contributed by atoms with Gasteiger partial charge in [-0.1, -0.05) is 33.1 Å². The van der Waals surface area contributed by atoms with Crippen LogP contribution in [0.5, 0.6) is 5.75 Å². The number of hydrogen-bond acceptors (Lipinski definition) is 5. The summed E-state index contributed by atoms with van der Waals surface area (Å²) in [6.45, 7) is 6.19. The third-order valence-corrected chi connectivity index (χ3v) is 4.28. The van der Waals surface area contributed by atoms with Gasteiger partial charge in [0, 0.05) is 18.4 Å². The van der Waals surface area contributed by atoms with E-state index in [1.54, 1.807) is 24.3 Å². The maximum atomic E-state index is 11.8. The Hall–Kier alpha value is -2.17. The first kappa shape index (κ1) is 21.9. The normalized spacial score (nSPS) is 11.7. The Morgan fingerprint density at radius 1 is 0.962 bits per heavy atom. The fourth-order valence-electron chi connectivity index (χ4n) is 2.50. The van der Waals surface area contributed by atoms with Crippen LogP contribution in [0.15, 0.2) is 24.3 Å². The molecular weight excluding hydrogens is 332 g/mol. The van der Waals surface area contributed by atoms with Crippen LogP contribution in [0.2, 0.25) is 0 Å². The van der Waals surface area contributed by atoms with Crippen LogP contribution in [-0.2, 0) is 14.3 Å². The van der Waals surface area contributed by atoms with E-state index in [0.29, 0.717) is 30.3 Å². The molecule has 0 spiro atoms. The number of esters is 2. The van der Waals surface area contributed by atoms with Crippen LogP contribution in [0.4, 0.5) is 0 Å². The summed E-state index contributed by atoms with van der Waals surface area (Å²) >= 11 is 0. The number of benzene rings is 1. The first-order valence-electron chi connectivity index (χ1n) is 9.43. The number of rotatable bonds is 12. The van der Waals surface area contributed by atoms with Crippen molar-refractivity contribution in [3.8, 4) is 5.75 Å². The number of Topliss-reactive ketones (excluding diaryl/α,β-unsaturated/α-hetero) is 1. The lowest BCUT2D eigenvalue weighted by Crippen LogP contribution is -2.14. The molecule has 0 radical (unpaired) electrons. The number of carbonyl (C=O) groups is 3. The summed E-state index contributed by atoms with van der Waals surface area (Å²) in [6, 6.07) is 6.41. The van der Waals surface area contributed by atoms with Crippen molar-refractivity contribution in [2.75, 3.05) is 6.61 Å². The number of ketones is 1. The summed E-state index contributed by atoms with van der Waals surface area (Å²) in [5, 5.41) is 0. The molecule has 1 rings (SSSR count). The van der Waals surface area contributed by atoms with E-state index < -0.39 is 5.97 Å². The highest BCUT2D eigenvalue weighted by Crippen LogP contribution is 2.15. The van der Waals surface area contributed by atoms with Crippen molar-refractivity contribution < 1.29 is 23.9 Å². The Balaban J connectivity index is 2.24. The maximum absolute atomic E-state index is 11.8. The molecule has 0 fully saturated rings. The molecule has 5 nitrogen and oxygen atoms in total. The van der Waals surface area contributed by atoms with Crippen LogP contribution in [0.25, 0.3) is 0 Å². The van der Waals surface area contributed by atoms with Crippen LogP contribution in [0.3, 0.4) is 0 Å². The Morgan fingerprint density at radius 3 is 2.19 bits per heavy atom. The molecule has 0 aliphatic carbocycles. The van der Waals surface area contributed by atoms with Crippen molar-refractivity contribution in [1.29, 1.82) is 0 Å². The zero-order valence-corrected chi connectivity index (χ0v) is 16.1. The molecule has 1 atom stereocenters. The van der Waals surface area contributed by atoms with Crippen molar-refractivity contribution >= 4 is 17.7 Å². The molecule has 26 heavy (non-hydrogen) atoms. The molecular formula is C21H30O5.